The Morgan fingerprint density at radius 1 is 1.42 bits per heavy atom. The van der Waals surface area contributed by atoms with Gasteiger partial charge in [-0.1, -0.05) is 13.3 Å². The Hall–Kier alpha value is -3.01. The van der Waals surface area contributed by atoms with Gasteiger partial charge in [-0.25, -0.2) is 14.4 Å². The van der Waals surface area contributed by atoms with E-state index in [0.29, 0.717) is 17.3 Å². The molecule has 1 fully saturated rings. The fourth-order valence-corrected chi connectivity index (χ4v) is 3.64. The van der Waals surface area contributed by atoms with Crippen LogP contribution in [0, 0.1) is 29.0 Å². The first-order valence-corrected chi connectivity index (χ1v) is 8.81. The Labute approximate surface area is 152 Å². The van der Waals surface area contributed by atoms with Gasteiger partial charge in [-0.05, 0) is 36.6 Å². The maximum Gasteiger partial charge on any atom is 0.181 e. The lowest BCUT2D eigenvalue weighted by Crippen LogP contribution is -2.40. The van der Waals surface area contributed by atoms with Gasteiger partial charge in [-0.15, -0.1) is 0 Å². The number of fused-ring (bicyclic) bond motifs is 1. The molecule has 1 aliphatic heterocycles. The smallest absolute Gasteiger partial charge is 0.181 e. The summed E-state index contributed by atoms with van der Waals surface area (Å²) >= 11 is 0. The van der Waals surface area contributed by atoms with Crippen LogP contribution >= 0.6 is 0 Å². The van der Waals surface area contributed by atoms with Crippen molar-refractivity contribution in [1.82, 2.24) is 20.2 Å². The van der Waals surface area contributed by atoms with Crippen LogP contribution in [-0.2, 0) is 0 Å². The molecule has 4 heterocycles. The number of aromatic nitrogens is 4. The third kappa shape index (κ3) is 2.77. The number of nitrogens with zero attached hydrogens (tertiary/aromatic N) is 5. The maximum atomic E-state index is 14.5. The number of piperidine rings is 1. The highest BCUT2D eigenvalue weighted by molar-refractivity contribution is 5.89. The molecule has 0 saturated carbocycles. The fraction of sp³-hybridized carbons (Fsp3) is 0.368. The van der Waals surface area contributed by atoms with E-state index in [-0.39, 0.29) is 13.0 Å². The van der Waals surface area contributed by atoms with Crippen LogP contribution in [0.4, 0.5) is 10.2 Å². The zero-order valence-electron chi connectivity index (χ0n) is 14.5. The molecule has 0 radical (unpaired) electrons. The molecule has 4 rings (SSSR count). The van der Waals surface area contributed by atoms with Gasteiger partial charge in [0.25, 0.3) is 0 Å². The van der Waals surface area contributed by atoms with Crippen molar-refractivity contribution in [3.8, 4) is 17.5 Å². The first-order chi connectivity index (χ1) is 12.7. The molecule has 2 unspecified atom stereocenters. The molecule has 0 aliphatic carbocycles. The minimum Gasteiger partial charge on any atom is -0.356 e. The maximum absolute atomic E-state index is 14.5. The molecular formula is C19H21FN6. The largest absolute Gasteiger partial charge is 0.356 e. The number of H-pyrrole nitrogens is 1. The second-order valence-electron chi connectivity index (χ2n) is 6.61. The lowest BCUT2D eigenvalue weighted by atomic mass is 9.85. The molecule has 6 nitrogen and oxygen atoms in total. The number of aromatic amines is 1. The van der Waals surface area contributed by atoms with Gasteiger partial charge in [0, 0.05) is 26.1 Å². The number of nitrogens with one attached hydrogen (secondary N) is 1. The van der Waals surface area contributed by atoms with Gasteiger partial charge in [0.15, 0.2) is 11.5 Å². The van der Waals surface area contributed by atoms with Crippen LogP contribution < -0.4 is 4.90 Å². The molecule has 1 N–H and O–H groups in total. The fourth-order valence-electron chi connectivity index (χ4n) is 3.64. The molecule has 0 spiro atoms. The first-order valence-electron chi connectivity index (χ1n) is 8.81. The summed E-state index contributed by atoms with van der Waals surface area (Å²) in [4.78, 5) is 10.9. The Kier molecular flexibility index (Phi) is 4.25. The minimum atomic E-state index is -0.401. The van der Waals surface area contributed by atoms with Crippen LogP contribution in [0.5, 0.6) is 0 Å². The highest BCUT2D eigenvalue weighted by Gasteiger charge is 2.29. The molecule has 2 atom stereocenters. The third-order valence-electron chi connectivity index (χ3n) is 5.15. The lowest BCUT2D eigenvalue weighted by Gasteiger charge is -2.36. The standard InChI is InChI=1S/C19H19FN6.H2/c1-2-12-11-26(9-7-13(12)10-21)16-6-5-15(20)18(23-16)17-14-4-3-8-22-19(14)25-24-17;/h3-6,8,12-13H,2,7,9,11H2,1H3,(H,22,24,25);1H. The molecular weight excluding hydrogens is 331 g/mol. The van der Waals surface area contributed by atoms with E-state index in [0.717, 1.165) is 37.1 Å². The van der Waals surface area contributed by atoms with E-state index < -0.39 is 5.82 Å². The number of nitriles is 1. The second-order valence-corrected chi connectivity index (χ2v) is 6.61. The van der Waals surface area contributed by atoms with Gasteiger partial charge >= 0.3 is 0 Å². The highest BCUT2D eigenvalue weighted by atomic mass is 19.1. The second kappa shape index (κ2) is 6.71. The monoisotopic (exact) mass is 352 g/mol. The van der Waals surface area contributed by atoms with Gasteiger partial charge in [0.2, 0.25) is 0 Å². The van der Waals surface area contributed by atoms with Crippen molar-refractivity contribution in [2.24, 2.45) is 11.8 Å². The number of rotatable bonds is 3. The predicted octanol–water partition coefficient (Wildman–Crippen LogP) is 3.78. The molecule has 3 aromatic heterocycles. The molecule has 7 heteroatoms. The summed E-state index contributed by atoms with van der Waals surface area (Å²) in [5.74, 6) is 0.713. The Balaban J connectivity index is 0.00000210. The summed E-state index contributed by atoms with van der Waals surface area (Å²) in [6, 6.07) is 9.20. The van der Waals surface area contributed by atoms with E-state index in [1.54, 1.807) is 18.3 Å². The molecule has 1 aliphatic rings. The zero-order chi connectivity index (χ0) is 18.1. The summed E-state index contributed by atoms with van der Waals surface area (Å²) in [5.41, 5.74) is 1.31. The highest BCUT2D eigenvalue weighted by Crippen LogP contribution is 2.31. The quantitative estimate of drug-likeness (QED) is 0.776. The summed E-state index contributed by atoms with van der Waals surface area (Å²) in [7, 11) is 0. The molecule has 0 bridgehead atoms. The van der Waals surface area contributed by atoms with Gasteiger partial charge in [-0.3, -0.25) is 5.10 Å². The molecule has 0 aromatic carbocycles. The van der Waals surface area contributed by atoms with E-state index in [4.69, 9.17) is 0 Å². The van der Waals surface area contributed by atoms with Crippen LogP contribution in [0.2, 0.25) is 0 Å². The van der Waals surface area contributed by atoms with Crippen LogP contribution in [0.15, 0.2) is 30.5 Å². The summed E-state index contributed by atoms with van der Waals surface area (Å²) < 4.78 is 14.5. The first kappa shape index (κ1) is 16.5. The van der Waals surface area contributed by atoms with Gasteiger partial charge in [0.1, 0.15) is 11.5 Å². The molecule has 134 valence electrons. The van der Waals surface area contributed by atoms with Crippen molar-refractivity contribution < 1.29 is 5.82 Å². The van der Waals surface area contributed by atoms with E-state index in [9.17, 15) is 9.65 Å². The molecule has 0 amide bonds. The van der Waals surface area contributed by atoms with Crippen LogP contribution in [0.1, 0.15) is 21.2 Å². The average molecular weight is 352 g/mol. The predicted molar refractivity (Wildman–Crippen MR) is 98.9 cm³/mol. The zero-order valence-corrected chi connectivity index (χ0v) is 14.5. The van der Waals surface area contributed by atoms with Crippen LogP contribution in [0.25, 0.3) is 22.4 Å². The molecule has 26 heavy (non-hydrogen) atoms. The van der Waals surface area contributed by atoms with Crippen molar-refractivity contribution >= 4 is 16.9 Å². The Morgan fingerprint density at radius 2 is 2.31 bits per heavy atom. The number of halogens is 1. The van der Waals surface area contributed by atoms with Crippen molar-refractivity contribution in [3.63, 3.8) is 0 Å². The third-order valence-corrected chi connectivity index (χ3v) is 5.15. The summed E-state index contributed by atoms with van der Waals surface area (Å²) in [6.45, 7) is 3.61. The lowest BCUT2D eigenvalue weighted by molar-refractivity contribution is 0.329. The van der Waals surface area contributed by atoms with Gasteiger partial charge in [-0.2, -0.15) is 10.4 Å². The van der Waals surface area contributed by atoms with Crippen molar-refractivity contribution in [2.45, 2.75) is 19.8 Å². The average Bonchev–Trinajstić information content (AvgIpc) is 3.12. The molecule has 3 aromatic rings. The Morgan fingerprint density at radius 3 is 3.12 bits per heavy atom. The van der Waals surface area contributed by atoms with Crippen LogP contribution in [-0.4, -0.2) is 33.3 Å². The van der Waals surface area contributed by atoms with E-state index in [1.165, 1.54) is 6.07 Å². The topological polar surface area (TPSA) is 81.5 Å². The summed E-state index contributed by atoms with van der Waals surface area (Å²) in [5, 5.41) is 17.0. The van der Waals surface area contributed by atoms with Crippen LogP contribution in [0.3, 0.4) is 0 Å². The van der Waals surface area contributed by atoms with E-state index >= 15 is 0 Å². The van der Waals surface area contributed by atoms with Crippen molar-refractivity contribution in [1.29, 1.82) is 5.26 Å². The van der Waals surface area contributed by atoms with Crippen molar-refractivity contribution in [2.75, 3.05) is 18.0 Å². The number of hydrogen-bond donors (Lipinski definition) is 1. The minimum absolute atomic E-state index is 0. The van der Waals surface area contributed by atoms with E-state index in [2.05, 4.69) is 38.1 Å². The van der Waals surface area contributed by atoms with Crippen molar-refractivity contribution in [3.05, 3.63) is 36.3 Å². The molecule has 1 saturated heterocycles. The number of hydrogen-bond acceptors (Lipinski definition) is 5. The normalized spacial score (nSPS) is 20.3. The van der Waals surface area contributed by atoms with Gasteiger partial charge in [0.05, 0.1) is 17.7 Å². The SMILES string of the molecule is CCC1CN(c2ccc(F)c(-c3[nH]nc4ncccc34)n2)CCC1C#N.[HH]. The number of pyridine rings is 2. The summed E-state index contributed by atoms with van der Waals surface area (Å²) in [6.07, 6.45) is 3.40. The Bertz CT molecular complexity index is 982. The van der Waals surface area contributed by atoms with E-state index in [1.807, 2.05) is 6.07 Å². The van der Waals surface area contributed by atoms with Gasteiger partial charge < -0.3 is 4.90 Å². The number of anilines is 1.